The van der Waals surface area contributed by atoms with Crippen molar-refractivity contribution in [2.45, 2.75) is 31.8 Å². The number of sulfonamides is 1. The molecular weight excluding hydrogens is 338 g/mol. The fourth-order valence-electron chi connectivity index (χ4n) is 3.77. The number of carbonyl (C=O) groups is 1. The van der Waals surface area contributed by atoms with Crippen molar-refractivity contribution in [3.05, 3.63) is 35.9 Å². The maximum Gasteiger partial charge on any atom is 0.239 e. The molecule has 3 rings (SSSR count). The van der Waals surface area contributed by atoms with E-state index in [1.165, 1.54) is 16.1 Å². The van der Waals surface area contributed by atoms with Crippen LogP contribution < -0.4 is 0 Å². The van der Waals surface area contributed by atoms with Gasteiger partial charge in [0.1, 0.15) is 0 Å². The monoisotopic (exact) mass is 365 g/mol. The number of amides is 1. The number of benzene rings is 1. The quantitative estimate of drug-likeness (QED) is 0.803. The van der Waals surface area contributed by atoms with Gasteiger partial charge in [0, 0.05) is 32.7 Å². The van der Waals surface area contributed by atoms with Crippen LogP contribution >= 0.6 is 0 Å². The number of likely N-dealkylation sites (tertiary alicyclic amines) is 1. The van der Waals surface area contributed by atoms with E-state index in [9.17, 15) is 13.2 Å². The van der Waals surface area contributed by atoms with E-state index in [0.717, 1.165) is 25.9 Å². The van der Waals surface area contributed by atoms with Crippen molar-refractivity contribution >= 4 is 15.9 Å². The Bertz CT molecular complexity index is 693. The van der Waals surface area contributed by atoms with Crippen LogP contribution in [-0.2, 0) is 21.4 Å². The Kier molecular flexibility index (Phi) is 5.76. The van der Waals surface area contributed by atoms with E-state index in [1.54, 1.807) is 0 Å². The Balaban J connectivity index is 1.63. The molecule has 0 radical (unpaired) electrons. The number of hydrogen-bond donors (Lipinski definition) is 0. The second-order valence-electron chi connectivity index (χ2n) is 6.95. The average molecular weight is 365 g/mol. The van der Waals surface area contributed by atoms with Crippen LogP contribution in [0.5, 0.6) is 0 Å². The Labute approximate surface area is 150 Å². The highest BCUT2D eigenvalue weighted by Crippen LogP contribution is 2.22. The van der Waals surface area contributed by atoms with Gasteiger partial charge < -0.3 is 4.90 Å². The first-order chi connectivity index (χ1) is 11.9. The number of hydrogen-bond acceptors (Lipinski definition) is 4. The van der Waals surface area contributed by atoms with E-state index < -0.39 is 10.0 Å². The smallest absolute Gasteiger partial charge is 0.239 e. The van der Waals surface area contributed by atoms with Crippen LogP contribution in [0.25, 0.3) is 0 Å². The van der Waals surface area contributed by atoms with Crippen LogP contribution in [0.1, 0.15) is 24.8 Å². The van der Waals surface area contributed by atoms with E-state index in [1.807, 2.05) is 23.1 Å². The first kappa shape index (κ1) is 18.4. The molecule has 0 saturated carbocycles. The van der Waals surface area contributed by atoms with Crippen LogP contribution in [0.15, 0.2) is 30.3 Å². The highest BCUT2D eigenvalue weighted by atomic mass is 32.2. The van der Waals surface area contributed by atoms with Crippen molar-refractivity contribution in [2.75, 3.05) is 39.0 Å². The summed E-state index contributed by atoms with van der Waals surface area (Å²) in [4.78, 5) is 17.1. The second-order valence-corrected chi connectivity index (χ2v) is 8.94. The maximum atomic E-state index is 13.0. The molecule has 2 saturated heterocycles. The Morgan fingerprint density at radius 1 is 1.04 bits per heavy atom. The van der Waals surface area contributed by atoms with Gasteiger partial charge in [0.2, 0.25) is 15.9 Å². The van der Waals surface area contributed by atoms with Crippen molar-refractivity contribution < 1.29 is 13.2 Å². The topological polar surface area (TPSA) is 60.9 Å². The molecule has 1 amide bonds. The van der Waals surface area contributed by atoms with E-state index in [0.29, 0.717) is 32.6 Å². The van der Waals surface area contributed by atoms with Crippen molar-refractivity contribution in [2.24, 2.45) is 0 Å². The van der Waals surface area contributed by atoms with Gasteiger partial charge in [0.05, 0.1) is 12.3 Å². The van der Waals surface area contributed by atoms with E-state index in [-0.39, 0.29) is 11.9 Å². The molecule has 0 unspecified atom stereocenters. The van der Waals surface area contributed by atoms with Crippen molar-refractivity contribution in [1.29, 1.82) is 0 Å². The van der Waals surface area contributed by atoms with Gasteiger partial charge in [-0.15, -0.1) is 0 Å². The summed E-state index contributed by atoms with van der Waals surface area (Å²) >= 11 is 0. The number of nitrogens with zero attached hydrogens (tertiary/aromatic N) is 3. The Hall–Kier alpha value is -1.44. The molecule has 1 atom stereocenters. The van der Waals surface area contributed by atoms with Gasteiger partial charge in [-0.2, -0.15) is 0 Å². The predicted molar refractivity (Wildman–Crippen MR) is 97.5 cm³/mol. The lowest BCUT2D eigenvalue weighted by molar-refractivity contribution is -0.136. The van der Waals surface area contributed by atoms with E-state index in [2.05, 4.69) is 17.0 Å². The summed E-state index contributed by atoms with van der Waals surface area (Å²) in [5.74, 6) is 0.156. The van der Waals surface area contributed by atoms with Gasteiger partial charge in [0.25, 0.3) is 0 Å². The molecular formula is C18H27N3O3S. The summed E-state index contributed by atoms with van der Waals surface area (Å²) in [6.45, 7) is 3.76. The average Bonchev–Trinajstić information content (AvgIpc) is 2.88. The van der Waals surface area contributed by atoms with Gasteiger partial charge in [-0.3, -0.25) is 9.69 Å². The normalized spacial score (nSPS) is 23.6. The molecule has 6 nitrogen and oxygen atoms in total. The molecule has 0 spiro atoms. The fourth-order valence-corrected chi connectivity index (χ4v) is 4.64. The predicted octanol–water partition coefficient (Wildman–Crippen LogP) is 1.14. The Morgan fingerprint density at radius 3 is 2.52 bits per heavy atom. The van der Waals surface area contributed by atoms with Crippen molar-refractivity contribution in [1.82, 2.24) is 14.1 Å². The molecule has 0 aromatic heterocycles. The molecule has 2 aliphatic heterocycles. The van der Waals surface area contributed by atoms with Gasteiger partial charge in [0.15, 0.2) is 0 Å². The lowest BCUT2D eigenvalue weighted by Crippen LogP contribution is -2.46. The third kappa shape index (κ3) is 4.59. The Morgan fingerprint density at radius 2 is 1.80 bits per heavy atom. The maximum absolute atomic E-state index is 13.0. The summed E-state index contributed by atoms with van der Waals surface area (Å²) < 4.78 is 25.0. The summed E-state index contributed by atoms with van der Waals surface area (Å²) in [7, 11) is -3.18. The first-order valence-corrected chi connectivity index (χ1v) is 10.8. The lowest BCUT2D eigenvalue weighted by atomic mass is 10.1. The standard InChI is InChI=1S/C18H27N3O3S/c1-25(23,24)21-12-6-11-19(13-14-21)18(22)17-9-5-10-20(17)15-16-7-3-2-4-8-16/h2-4,7-8,17H,5-6,9-15H2,1H3/t17-/m0/s1. The molecule has 0 bridgehead atoms. The zero-order valence-corrected chi connectivity index (χ0v) is 15.6. The summed E-state index contributed by atoms with van der Waals surface area (Å²) in [6.07, 6.45) is 3.86. The molecule has 1 aromatic rings. The highest BCUT2D eigenvalue weighted by molar-refractivity contribution is 7.88. The van der Waals surface area contributed by atoms with Crippen LogP contribution in [0.3, 0.4) is 0 Å². The minimum atomic E-state index is -3.18. The molecule has 138 valence electrons. The summed E-state index contributed by atoms with van der Waals surface area (Å²) in [6, 6.07) is 10.2. The molecule has 0 N–H and O–H groups in total. The second kappa shape index (κ2) is 7.85. The number of rotatable bonds is 4. The van der Waals surface area contributed by atoms with Crippen LogP contribution in [0.2, 0.25) is 0 Å². The van der Waals surface area contributed by atoms with Crippen LogP contribution in [0.4, 0.5) is 0 Å². The molecule has 25 heavy (non-hydrogen) atoms. The minimum absolute atomic E-state index is 0.0787. The van der Waals surface area contributed by atoms with E-state index in [4.69, 9.17) is 0 Å². The molecule has 2 heterocycles. The van der Waals surface area contributed by atoms with Gasteiger partial charge in [-0.25, -0.2) is 12.7 Å². The van der Waals surface area contributed by atoms with Crippen LogP contribution in [-0.4, -0.2) is 73.5 Å². The van der Waals surface area contributed by atoms with Crippen molar-refractivity contribution in [3.63, 3.8) is 0 Å². The minimum Gasteiger partial charge on any atom is -0.340 e. The highest BCUT2D eigenvalue weighted by Gasteiger charge is 2.34. The van der Waals surface area contributed by atoms with Gasteiger partial charge in [-0.1, -0.05) is 30.3 Å². The number of carbonyl (C=O) groups excluding carboxylic acids is 1. The summed E-state index contributed by atoms with van der Waals surface area (Å²) in [5, 5.41) is 0. The zero-order valence-electron chi connectivity index (χ0n) is 14.8. The fraction of sp³-hybridized carbons (Fsp3) is 0.611. The van der Waals surface area contributed by atoms with Gasteiger partial charge >= 0.3 is 0 Å². The molecule has 1 aromatic carbocycles. The van der Waals surface area contributed by atoms with Gasteiger partial charge in [-0.05, 0) is 31.4 Å². The lowest BCUT2D eigenvalue weighted by Gasteiger charge is -2.29. The first-order valence-electron chi connectivity index (χ1n) is 8.97. The van der Waals surface area contributed by atoms with Crippen molar-refractivity contribution in [3.8, 4) is 0 Å². The largest absolute Gasteiger partial charge is 0.340 e. The zero-order chi connectivity index (χ0) is 17.9. The van der Waals surface area contributed by atoms with Crippen LogP contribution in [0, 0.1) is 0 Å². The summed E-state index contributed by atoms with van der Waals surface area (Å²) in [5.41, 5.74) is 1.22. The molecule has 0 aliphatic carbocycles. The third-order valence-corrected chi connectivity index (χ3v) is 6.42. The SMILES string of the molecule is CS(=O)(=O)N1CCCN(C(=O)[C@@H]2CCCN2Cc2ccccc2)CC1. The molecule has 2 fully saturated rings. The molecule has 2 aliphatic rings. The van der Waals surface area contributed by atoms with E-state index >= 15 is 0 Å². The third-order valence-electron chi connectivity index (χ3n) is 5.11. The molecule has 7 heteroatoms.